The smallest absolute Gasteiger partial charge is 0.217 e. The van der Waals surface area contributed by atoms with E-state index in [2.05, 4.69) is 5.32 Å². The molecule has 0 heterocycles. The highest BCUT2D eigenvalue weighted by Crippen LogP contribution is 2.28. The number of amides is 1. The molecule has 1 aliphatic carbocycles. The Morgan fingerprint density at radius 2 is 2.14 bits per heavy atom. The zero-order chi connectivity index (χ0) is 15.2. The van der Waals surface area contributed by atoms with Gasteiger partial charge in [0.15, 0.2) is 0 Å². The predicted molar refractivity (Wildman–Crippen MR) is 80.4 cm³/mol. The molecule has 0 radical (unpaired) electrons. The molecule has 1 aromatic rings. The number of aliphatic hydroxyl groups is 1. The van der Waals surface area contributed by atoms with Crippen LogP contribution in [0.1, 0.15) is 25.3 Å². The van der Waals surface area contributed by atoms with E-state index in [0.717, 1.165) is 5.56 Å². The third kappa shape index (κ3) is 4.81. The lowest BCUT2D eigenvalue weighted by atomic mass is 9.95. The molecule has 1 amide bonds. The van der Waals surface area contributed by atoms with Crippen LogP contribution in [0.25, 0.3) is 0 Å². The van der Waals surface area contributed by atoms with Crippen molar-refractivity contribution in [1.82, 2.24) is 5.32 Å². The number of hydrogen-bond acceptors (Lipinski definition) is 4. The summed E-state index contributed by atoms with van der Waals surface area (Å²) in [5.41, 5.74) is 7.15. The van der Waals surface area contributed by atoms with Gasteiger partial charge in [-0.05, 0) is 24.3 Å². The van der Waals surface area contributed by atoms with Crippen molar-refractivity contribution in [1.29, 1.82) is 0 Å². The van der Waals surface area contributed by atoms with Gasteiger partial charge in [0.1, 0.15) is 0 Å². The summed E-state index contributed by atoms with van der Waals surface area (Å²) in [5, 5.41) is 12.6. The molecule has 1 saturated carbocycles. The number of nitrogens with one attached hydrogen (secondary N) is 1. The zero-order valence-electron chi connectivity index (χ0n) is 12.4. The largest absolute Gasteiger partial charge is 0.393 e. The van der Waals surface area contributed by atoms with E-state index in [1.165, 1.54) is 6.92 Å². The minimum Gasteiger partial charge on any atom is -0.393 e. The van der Waals surface area contributed by atoms with E-state index in [9.17, 15) is 9.90 Å². The SMILES string of the molecule is CC(=O)NC(COCc1ccccc1)[C@H]1C[C@@H](O)C[C@@H]1N. The van der Waals surface area contributed by atoms with Crippen LogP contribution in [-0.4, -0.2) is 35.8 Å². The lowest BCUT2D eigenvalue weighted by molar-refractivity contribution is -0.120. The van der Waals surface area contributed by atoms with Gasteiger partial charge < -0.3 is 20.9 Å². The van der Waals surface area contributed by atoms with E-state index in [1.807, 2.05) is 30.3 Å². The molecule has 0 aliphatic heterocycles. The maximum atomic E-state index is 11.4. The molecular weight excluding hydrogens is 268 g/mol. The molecule has 0 spiro atoms. The maximum Gasteiger partial charge on any atom is 0.217 e. The number of ether oxygens (including phenoxy) is 1. The molecule has 4 atom stereocenters. The monoisotopic (exact) mass is 292 g/mol. The molecule has 5 heteroatoms. The Kier molecular flexibility index (Phi) is 5.73. The quantitative estimate of drug-likeness (QED) is 0.724. The van der Waals surface area contributed by atoms with Crippen LogP contribution in [0.2, 0.25) is 0 Å². The Balaban J connectivity index is 1.89. The first-order valence-electron chi connectivity index (χ1n) is 7.38. The lowest BCUT2D eigenvalue weighted by Gasteiger charge is -2.27. The van der Waals surface area contributed by atoms with Gasteiger partial charge in [0, 0.05) is 13.0 Å². The standard InChI is InChI=1S/C16H24N2O3/c1-11(19)18-16(14-7-13(20)8-15(14)17)10-21-9-12-5-3-2-4-6-12/h2-6,13-16,20H,7-10,17H2,1H3,(H,18,19)/t13-,14+,15+,16?/m1/s1. The molecule has 1 aliphatic rings. The van der Waals surface area contributed by atoms with Crippen LogP contribution >= 0.6 is 0 Å². The highest BCUT2D eigenvalue weighted by Gasteiger charge is 2.36. The van der Waals surface area contributed by atoms with Gasteiger partial charge in [-0.15, -0.1) is 0 Å². The summed E-state index contributed by atoms with van der Waals surface area (Å²) in [6.45, 7) is 2.39. The summed E-state index contributed by atoms with van der Waals surface area (Å²) in [5.74, 6) is -0.0448. The normalized spacial score (nSPS) is 26.5. The van der Waals surface area contributed by atoms with Crippen molar-refractivity contribution in [2.24, 2.45) is 11.7 Å². The fraction of sp³-hybridized carbons (Fsp3) is 0.562. The van der Waals surface area contributed by atoms with Crippen LogP contribution in [0, 0.1) is 5.92 Å². The van der Waals surface area contributed by atoms with Crippen LogP contribution in [0.5, 0.6) is 0 Å². The van der Waals surface area contributed by atoms with Crippen molar-refractivity contribution in [3.63, 3.8) is 0 Å². The average Bonchev–Trinajstić information content (AvgIpc) is 2.77. The molecule has 116 valence electrons. The Hall–Kier alpha value is -1.43. The molecule has 5 nitrogen and oxygen atoms in total. The number of rotatable bonds is 6. The van der Waals surface area contributed by atoms with Crippen LogP contribution in [-0.2, 0) is 16.1 Å². The third-order valence-electron chi connectivity index (χ3n) is 3.95. The molecule has 0 saturated heterocycles. The Morgan fingerprint density at radius 1 is 1.43 bits per heavy atom. The van der Waals surface area contributed by atoms with Gasteiger partial charge in [0.2, 0.25) is 5.91 Å². The number of benzene rings is 1. The highest BCUT2D eigenvalue weighted by molar-refractivity contribution is 5.73. The number of hydrogen-bond donors (Lipinski definition) is 3. The molecule has 21 heavy (non-hydrogen) atoms. The Bertz CT molecular complexity index is 452. The number of carbonyl (C=O) groups is 1. The molecule has 1 aromatic carbocycles. The lowest BCUT2D eigenvalue weighted by Crippen LogP contribution is -2.47. The van der Waals surface area contributed by atoms with Gasteiger partial charge >= 0.3 is 0 Å². The van der Waals surface area contributed by atoms with Crippen molar-refractivity contribution >= 4 is 5.91 Å². The van der Waals surface area contributed by atoms with Crippen molar-refractivity contribution < 1.29 is 14.6 Å². The first-order valence-corrected chi connectivity index (χ1v) is 7.38. The minimum absolute atomic E-state index is 0.0553. The second kappa shape index (κ2) is 7.54. The van der Waals surface area contributed by atoms with E-state index in [0.29, 0.717) is 26.1 Å². The van der Waals surface area contributed by atoms with Crippen molar-refractivity contribution in [2.75, 3.05) is 6.61 Å². The van der Waals surface area contributed by atoms with Crippen molar-refractivity contribution in [2.45, 2.75) is 44.6 Å². The Morgan fingerprint density at radius 3 is 2.71 bits per heavy atom. The van der Waals surface area contributed by atoms with E-state index in [-0.39, 0.29) is 30.0 Å². The van der Waals surface area contributed by atoms with E-state index < -0.39 is 0 Å². The molecular formula is C16H24N2O3. The van der Waals surface area contributed by atoms with Gasteiger partial charge in [0.25, 0.3) is 0 Å². The summed E-state index contributed by atoms with van der Waals surface area (Å²) in [4.78, 5) is 11.4. The van der Waals surface area contributed by atoms with E-state index >= 15 is 0 Å². The van der Waals surface area contributed by atoms with Gasteiger partial charge in [-0.1, -0.05) is 30.3 Å². The van der Waals surface area contributed by atoms with Gasteiger partial charge in [-0.2, -0.15) is 0 Å². The van der Waals surface area contributed by atoms with Crippen molar-refractivity contribution in [3.8, 4) is 0 Å². The number of nitrogens with two attached hydrogens (primary N) is 1. The van der Waals surface area contributed by atoms with Crippen LogP contribution in [0.4, 0.5) is 0 Å². The maximum absolute atomic E-state index is 11.4. The summed E-state index contributed by atoms with van der Waals surface area (Å²) in [6, 6.07) is 9.63. The zero-order valence-corrected chi connectivity index (χ0v) is 12.4. The van der Waals surface area contributed by atoms with E-state index in [4.69, 9.17) is 10.5 Å². The average molecular weight is 292 g/mol. The molecule has 1 unspecified atom stereocenters. The fourth-order valence-electron chi connectivity index (χ4n) is 2.95. The van der Waals surface area contributed by atoms with Gasteiger partial charge in [-0.25, -0.2) is 0 Å². The van der Waals surface area contributed by atoms with Crippen LogP contribution < -0.4 is 11.1 Å². The highest BCUT2D eigenvalue weighted by atomic mass is 16.5. The molecule has 0 aromatic heterocycles. The summed E-state index contributed by atoms with van der Waals surface area (Å²) in [6.07, 6.45) is 0.815. The molecule has 4 N–H and O–H groups in total. The molecule has 0 bridgehead atoms. The number of aliphatic hydroxyl groups excluding tert-OH is 1. The topological polar surface area (TPSA) is 84.6 Å². The minimum atomic E-state index is -0.379. The second-order valence-corrected chi connectivity index (χ2v) is 5.76. The van der Waals surface area contributed by atoms with Gasteiger partial charge in [-0.3, -0.25) is 4.79 Å². The summed E-state index contributed by atoms with van der Waals surface area (Å²) >= 11 is 0. The van der Waals surface area contributed by atoms with E-state index in [1.54, 1.807) is 0 Å². The molecule has 1 fully saturated rings. The number of carbonyl (C=O) groups excluding carboxylic acids is 1. The van der Waals surface area contributed by atoms with Crippen LogP contribution in [0.3, 0.4) is 0 Å². The molecule has 2 rings (SSSR count). The summed E-state index contributed by atoms with van der Waals surface area (Å²) < 4.78 is 5.73. The predicted octanol–water partition coefficient (Wildman–Crippen LogP) is 0.806. The van der Waals surface area contributed by atoms with Gasteiger partial charge in [0.05, 0.1) is 25.4 Å². The van der Waals surface area contributed by atoms with Crippen molar-refractivity contribution in [3.05, 3.63) is 35.9 Å². The second-order valence-electron chi connectivity index (χ2n) is 5.76. The summed E-state index contributed by atoms with van der Waals surface area (Å²) in [7, 11) is 0. The first kappa shape index (κ1) is 15.9. The first-order chi connectivity index (χ1) is 10.1. The third-order valence-corrected chi connectivity index (χ3v) is 3.95. The van der Waals surface area contributed by atoms with Crippen LogP contribution in [0.15, 0.2) is 30.3 Å². The fourth-order valence-corrected chi connectivity index (χ4v) is 2.95. The Labute approximate surface area is 125 Å².